The molecule has 2 saturated heterocycles. The summed E-state index contributed by atoms with van der Waals surface area (Å²) in [5.41, 5.74) is 4.67. The van der Waals surface area contributed by atoms with Crippen LogP contribution in [0.25, 0.3) is 10.9 Å². The number of benzene rings is 2. The smallest absolute Gasteiger partial charge is 0.335 e. The highest BCUT2D eigenvalue weighted by Gasteiger charge is 2.41. The molecule has 2 fully saturated rings. The highest BCUT2D eigenvalue weighted by molar-refractivity contribution is 5.88. The van der Waals surface area contributed by atoms with Gasteiger partial charge in [-0.15, -0.1) is 0 Å². The SMILES string of the molecule is COc1cc(C)c2[nH]ccc2c1CN1C[C@@H]2C[C@@H](F)CN2CC1c1ccc(C(=O)O)cc1. The van der Waals surface area contributed by atoms with Crippen LogP contribution in [-0.4, -0.2) is 64.8 Å². The number of carboxylic acid groups (broad SMARTS) is 1. The van der Waals surface area contributed by atoms with Gasteiger partial charge in [-0.05, 0) is 48.7 Å². The highest BCUT2D eigenvalue weighted by atomic mass is 19.1. The number of nitrogens with one attached hydrogen (secondary N) is 1. The number of ether oxygens (including phenoxy) is 1. The van der Waals surface area contributed by atoms with E-state index in [1.165, 1.54) is 0 Å². The number of hydrogen-bond donors (Lipinski definition) is 2. The molecular weight excluding hydrogens is 409 g/mol. The number of nitrogens with zero attached hydrogens (tertiary/aromatic N) is 2. The zero-order valence-corrected chi connectivity index (χ0v) is 18.3. The lowest BCUT2D eigenvalue weighted by Gasteiger charge is -2.44. The van der Waals surface area contributed by atoms with Gasteiger partial charge in [0.2, 0.25) is 0 Å². The molecule has 6 nitrogen and oxygen atoms in total. The van der Waals surface area contributed by atoms with Crippen molar-refractivity contribution >= 4 is 16.9 Å². The lowest BCUT2D eigenvalue weighted by molar-refractivity contribution is 0.0441. The Labute approximate surface area is 186 Å². The molecule has 1 unspecified atom stereocenters. The van der Waals surface area contributed by atoms with Crippen LogP contribution in [0.15, 0.2) is 42.6 Å². The fraction of sp³-hybridized carbons (Fsp3) is 0.400. The van der Waals surface area contributed by atoms with Crippen LogP contribution in [0.1, 0.15) is 39.5 Å². The Hall–Kier alpha value is -2.90. The molecule has 2 aromatic carbocycles. The number of fused-ring (bicyclic) bond motifs is 2. The lowest BCUT2D eigenvalue weighted by atomic mass is 9.96. The molecule has 3 atom stereocenters. The minimum atomic E-state index is -0.934. The molecule has 0 aliphatic carbocycles. The second-order valence-electron chi connectivity index (χ2n) is 8.95. The molecule has 2 N–H and O–H groups in total. The lowest BCUT2D eigenvalue weighted by Crippen LogP contribution is -2.51. The maximum absolute atomic E-state index is 14.2. The van der Waals surface area contributed by atoms with Crippen LogP contribution in [-0.2, 0) is 6.54 Å². The number of H-pyrrole nitrogens is 1. The Morgan fingerprint density at radius 1 is 1.22 bits per heavy atom. The summed E-state index contributed by atoms with van der Waals surface area (Å²) in [6.45, 7) is 4.69. The van der Waals surface area contributed by atoms with E-state index in [1.807, 2.05) is 18.3 Å². The quantitative estimate of drug-likeness (QED) is 0.628. The third-order valence-electron chi connectivity index (χ3n) is 7.01. The van der Waals surface area contributed by atoms with E-state index in [0.717, 1.165) is 46.4 Å². The highest BCUT2D eigenvalue weighted by Crippen LogP contribution is 2.38. The number of rotatable bonds is 5. The van der Waals surface area contributed by atoms with Crippen molar-refractivity contribution in [3.63, 3.8) is 0 Å². The molecule has 5 rings (SSSR count). The second kappa shape index (κ2) is 8.22. The molecule has 1 aromatic heterocycles. The van der Waals surface area contributed by atoms with Crippen molar-refractivity contribution in [3.8, 4) is 5.75 Å². The van der Waals surface area contributed by atoms with Crippen molar-refractivity contribution in [3.05, 3.63) is 64.8 Å². The maximum Gasteiger partial charge on any atom is 0.335 e. The van der Waals surface area contributed by atoms with Crippen molar-refractivity contribution in [2.75, 3.05) is 26.7 Å². The Morgan fingerprint density at radius 2 is 2.00 bits per heavy atom. The first-order valence-electron chi connectivity index (χ1n) is 11.0. The summed E-state index contributed by atoms with van der Waals surface area (Å²) in [6, 6.07) is 11.5. The van der Waals surface area contributed by atoms with Crippen molar-refractivity contribution in [2.45, 2.75) is 38.1 Å². The standard InChI is InChI=1S/C25H28FN3O3/c1-15-9-23(32-2)21(20-7-8-27-24(15)20)13-29-12-19-10-18(26)11-28(19)14-22(29)16-3-5-17(6-4-16)25(30)31/h3-9,18-19,22,27H,10-14H2,1-2H3,(H,30,31)/t18-,19+,22?/m1/s1. The third-order valence-corrected chi connectivity index (χ3v) is 7.01. The number of aromatic amines is 1. The summed E-state index contributed by atoms with van der Waals surface area (Å²) >= 11 is 0. The number of aromatic nitrogens is 1. The predicted molar refractivity (Wildman–Crippen MR) is 121 cm³/mol. The van der Waals surface area contributed by atoms with E-state index in [4.69, 9.17) is 4.74 Å². The van der Waals surface area contributed by atoms with Gasteiger partial charge in [0.25, 0.3) is 0 Å². The summed E-state index contributed by atoms with van der Waals surface area (Å²) in [5.74, 6) is -0.0806. The van der Waals surface area contributed by atoms with Crippen LogP contribution in [0, 0.1) is 6.92 Å². The topological polar surface area (TPSA) is 68.8 Å². The van der Waals surface area contributed by atoms with Gasteiger partial charge < -0.3 is 14.8 Å². The molecule has 3 aromatic rings. The van der Waals surface area contributed by atoms with Gasteiger partial charge in [-0.3, -0.25) is 9.80 Å². The summed E-state index contributed by atoms with van der Waals surface area (Å²) < 4.78 is 20.0. The number of alkyl halides is 1. The molecule has 3 heterocycles. The molecule has 0 bridgehead atoms. The average molecular weight is 438 g/mol. The van der Waals surface area contributed by atoms with Crippen molar-refractivity contribution < 1.29 is 19.0 Å². The van der Waals surface area contributed by atoms with Crippen LogP contribution in [0.2, 0.25) is 0 Å². The number of carboxylic acids is 1. The van der Waals surface area contributed by atoms with E-state index in [1.54, 1.807) is 19.2 Å². The Bertz CT molecular complexity index is 1140. The number of piperazine rings is 1. The van der Waals surface area contributed by atoms with E-state index < -0.39 is 12.1 Å². The van der Waals surface area contributed by atoms with Crippen LogP contribution >= 0.6 is 0 Å². The van der Waals surface area contributed by atoms with Gasteiger partial charge in [0, 0.05) is 60.9 Å². The second-order valence-corrected chi connectivity index (χ2v) is 8.95. The Kier molecular flexibility index (Phi) is 5.39. The van der Waals surface area contributed by atoms with Crippen LogP contribution in [0.4, 0.5) is 4.39 Å². The average Bonchev–Trinajstić information content (AvgIpc) is 3.41. The fourth-order valence-corrected chi connectivity index (χ4v) is 5.39. The molecule has 0 saturated carbocycles. The molecule has 32 heavy (non-hydrogen) atoms. The van der Waals surface area contributed by atoms with E-state index in [0.29, 0.717) is 19.5 Å². The number of aryl methyl sites for hydroxylation is 1. The molecule has 168 valence electrons. The molecular formula is C25H28FN3O3. The number of halogens is 1. The van der Waals surface area contributed by atoms with Crippen molar-refractivity contribution in [1.82, 2.24) is 14.8 Å². The molecule has 0 spiro atoms. The van der Waals surface area contributed by atoms with Gasteiger partial charge in [0.05, 0.1) is 12.7 Å². The summed E-state index contributed by atoms with van der Waals surface area (Å²) in [7, 11) is 1.70. The molecule has 0 amide bonds. The van der Waals surface area contributed by atoms with Gasteiger partial charge >= 0.3 is 5.97 Å². The van der Waals surface area contributed by atoms with E-state index in [9.17, 15) is 14.3 Å². The maximum atomic E-state index is 14.2. The van der Waals surface area contributed by atoms with E-state index >= 15 is 0 Å². The normalized spacial score (nSPS) is 24.0. The largest absolute Gasteiger partial charge is 0.496 e. The summed E-state index contributed by atoms with van der Waals surface area (Å²) in [4.78, 5) is 19.3. The molecule has 0 radical (unpaired) electrons. The first kappa shape index (κ1) is 21.0. The minimum Gasteiger partial charge on any atom is -0.496 e. The summed E-state index contributed by atoms with van der Waals surface area (Å²) in [5, 5.41) is 10.4. The van der Waals surface area contributed by atoms with Crippen molar-refractivity contribution in [1.29, 1.82) is 0 Å². The number of carbonyl (C=O) groups is 1. The number of hydrogen-bond acceptors (Lipinski definition) is 4. The zero-order valence-electron chi connectivity index (χ0n) is 18.3. The fourth-order valence-electron chi connectivity index (χ4n) is 5.39. The molecule has 2 aliphatic rings. The summed E-state index contributed by atoms with van der Waals surface area (Å²) in [6.07, 6.45) is 1.72. The monoisotopic (exact) mass is 437 g/mol. The number of methoxy groups -OCH3 is 1. The van der Waals surface area contributed by atoms with Gasteiger partial charge in [-0.1, -0.05) is 12.1 Å². The van der Waals surface area contributed by atoms with E-state index in [-0.39, 0.29) is 17.6 Å². The van der Waals surface area contributed by atoms with E-state index in [2.05, 4.69) is 33.8 Å². The first-order valence-corrected chi connectivity index (χ1v) is 11.0. The predicted octanol–water partition coefficient (Wildman–Crippen LogP) is 4.15. The minimum absolute atomic E-state index is 0.0411. The van der Waals surface area contributed by atoms with Gasteiger partial charge in [0.1, 0.15) is 11.9 Å². The number of aromatic carboxylic acids is 1. The van der Waals surface area contributed by atoms with Gasteiger partial charge in [-0.2, -0.15) is 0 Å². The van der Waals surface area contributed by atoms with Crippen LogP contribution < -0.4 is 4.74 Å². The Morgan fingerprint density at radius 3 is 2.72 bits per heavy atom. The third kappa shape index (κ3) is 3.65. The van der Waals surface area contributed by atoms with Crippen LogP contribution in [0.5, 0.6) is 5.75 Å². The van der Waals surface area contributed by atoms with Gasteiger partial charge in [0.15, 0.2) is 0 Å². The van der Waals surface area contributed by atoms with Gasteiger partial charge in [-0.25, -0.2) is 9.18 Å². The van der Waals surface area contributed by atoms with Crippen LogP contribution in [0.3, 0.4) is 0 Å². The first-order chi connectivity index (χ1) is 15.4. The Balaban J connectivity index is 1.52. The molecule has 2 aliphatic heterocycles. The zero-order chi connectivity index (χ0) is 22.4. The molecule has 7 heteroatoms. The van der Waals surface area contributed by atoms with Crippen molar-refractivity contribution in [2.24, 2.45) is 0 Å².